The third kappa shape index (κ3) is 7.80. The van der Waals surface area contributed by atoms with E-state index >= 15 is 0 Å². The fraction of sp³-hybridized carbons (Fsp3) is 1.00. The number of hydrogen-bond donors (Lipinski definition) is 0. The highest BCUT2D eigenvalue weighted by atomic mass is 16.7. The summed E-state index contributed by atoms with van der Waals surface area (Å²) in [5, 5.41) is 0. The van der Waals surface area contributed by atoms with Crippen molar-refractivity contribution in [3.05, 3.63) is 0 Å². The fourth-order valence-electron chi connectivity index (χ4n) is 0.899. The molecule has 92 valence electrons. The maximum Gasteiger partial charge on any atom is 0.146 e. The van der Waals surface area contributed by atoms with Crippen molar-refractivity contribution in [1.82, 2.24) is 0 Å². The van der Waals surface area contributed by atoms with Gasteiger partial charge >= 0.3 is 0 Å². The molecule has 0 rings (SSSR count). The molecule has 0 aromatic heterocycles. The lowest BCUT2D eigenvalue weighted by Gasteiger charge is -2.24. The van der Waals surface area contributed by atoms with Crippen LogP contribution in [0.25, 0.3) is 0 Å². The summed E-state index contributed by atoms with van der Waals surface area (Å²) in [4.78, 5) is 0. The molecule has 0 aliphatic rings. The number of rotatable bonds is 8. The Hall–Kier alpha value is -0.0800. The first-order chi connectivity index (χ1) is 6.83. The molecule has 0 aromatic carbocycles. The van der Waals surface area contributed by atoms with Crippen LogP contribution < -0.4 is 0 Å². The van der Waals surface area contributed by atoms with E-state index in [4.69, 9.17) is 9.47 Å². The van der Waals surface area contributed by atoms with Gasteiger partial charge in [0.05, 0.1) is 13.2 Å². The average Bonchev–Trinajstić information content (AvgIpc) is 2.17. The van der Waals surface area contributed by atoms with E-state index in [0.717, 1.165) is 26.1 Å². The molecule has 0 aromatic rings. The van der Waals surface area contributed by atoms with Crippen molar-refractivity contribution in [2.45, 2.75) is 54.4 Å². The molecule has 0 N–H and O–H groups in total. The Kier molecular flexibility index (Phi) is 6.46. The summed E-state index contributed by atoms with van der Waals surface area (Å²) < 4.78 is 11.0. The maximum absolute atomic E-state index is 5.51. The van der Waals surface area contributed by atoms with E-state index in [9.17, 15) is 0 Å². The van der Waals surface area contributed by atoms with Crippen molar-refractivity contribution in [3.63, 3.8) is 0 Å². The van der Waals surface area contributed by atoms with Crippen LogP contribution in [0.15, 0.2) is 0 Å². The van der Waals surface area contributed by atoms with Crippen molar-refractivity contribution < 1.29 is 9.47 Å². The lowest BCUT2D eigenvalue weighted by molar-refractivity contribution is -0.0956. The van der Waals surface area contributed by atoms with Gasteiger partial charge in [-0.3, -0.25) is 0 Å². The first kappa shape index (κ1) is 14.9. The summed E-state index contributed by atoms with van der Waals surface area (Å²) in [5.41, 5.74) is 0.535. The van der Waals surface area contributed by atoms with E-state index < -0.39 is 0 Å². The van der Waals surface area contributed by atoms with E-state index in [1.165, 1.54) is 0 Å². The van der Waals surface area contributed by atoms with Crippen molar-refractivity contribution >= 4 is 0 Å². The predicted octanol–water partition coefficient (Wildman–Crippen LogP) is 3.85. The SMILES string of the molecule is CCC(C)(C)COCOCC(C)(C)CC. The predicted molar refractivity (Wildman–Crippen MR) is 64.9 cm³/mol. The standard InChI is InChI=1S/C13H28O2/c1-7-12(3,4)9-14-11-15-10-13(5,6)8-2/h7-11H2,1-6H3. The van der Waals surface area contributed by atoms with Crippen molar-refractivity contribution in [2.75, 3.05) is 20.0 Å². The van der Waals surface area contributed by atoms with E-state index in [0.29, 0.717) is 6.79 Å². The van der Waals surface area contributed by atoms with Crippen LogP contribution in [0.2, 0.25) is 0 Å². The van der Waals surface area contributed by atoms with Gasteiger partial charge < -0.3 is 9.47 Å². The van der Waals surface area contributed by atoms with Crippen LogP contribution in [0.5, 0.6) is 0 Å². The molecule has 0 unspecified atom stereocenters. The van der Waals surface area contributed by atoms with Crippen LogP contribution in [0, 0.1) is 10.8 Å². The average molecular weight is 216 g/mol. The second kappa shape index (κ2) is 6.49. The Morgan fingerprint density at radius 1 is 0.733 bits per heavy atom. The smallest absolute Gasteiger partial charge is 0.146 e. The first-order valence-corrected chi connectivity index (χ1v) is 5.98. The highest BCUT2D eigenvalue weighted by molar-refractivity contribution is 4.65. The molecule has 0 fully saturated rings. The minimum atomic E-state index is 0.267. The second-order valence-electron chi connectivity index (χ2n) is 5.85. The molecular weight excluding hydrogens is 188 g/mol. The van der Waals surface area contributed by atoms with E-state index in [-0.39, 0.29) is 10.8 Å². The Morgan fingerprint density at radius 2 is 1.07 bits per heavy atom. The quantitative estimate of drug-likeness (QED) is 0.453. The normalized spacial score (nSPS) is 13.2. The lowest BCUT2D eigenvalue weighted by atomic mass is 9.92. The zero-order valence-electron chi connectivity index (χ0n) is 11.4. The van der Waals surface area contributed by atoms with Gasteiger partial charge in [0.2, 0.25) is 0 Å². The minimum Gasteiger partial charge on any atom is -0.355 e. The van der Waals surface area contributed by atoms with Gasteiger partial charge in [-0.15, -0.1) is 0 Å². The number of ether oxygens (including phenoxy) is 2. The van der Waals surface area contributed by atoms with Crippen LogP contribution in [-0.4, -0.2) is 20.0 Å². The van der Waals surface area contributed by atoms with Crippen molar-refractivity contribution in [3.8, 4) is 0 Å². The molecule has 2 heteroatoms. The van der Waals surface area contributed by atoms with Gasteiger partial charge in [-0.05, 0) is 23.7 Å². The minimum absolute atomic E-state index is 0.267. The molecule has 0 bridgehead atoms. The molecule has 0 aliphatic heterocycles. The summed E-state index contributed by atoms with van der Waals surface area (Å²) in [6.07, 6.45) is 2.26. The topological polar surface area (TPSA) is 18.5 Å². The van der Waals surface area contributed by atoms with E-state index in [2.05, 4.69) is 41.5 Å². The largest absolute Gasteiger partial charge is 0.355 e. The summed E-state index contributed by atoms with van der Waals surface area (Å²) >= 11 is 0. The zero-order valence-corrected chi connectivity index (χ0v) is 11.4. The van der Waals surface area contributed by atoms with Gasteiger partial charge in [0.15, 0.2) is 0 Å². The molecule has 0 aliphatic carbocycles. The zero-order chi connectivity index (χ0) is 11.9. The van der Waals surface area contributed by atoms with Gasteiger partial charge in [-0.1, -0.05) is 41.5 Å². The fourth-order valence-corrected chi connectivity index (χ4v) is 0.899. The second-order valence-corrected chi connectivity index (χ2v) is 5.85. The monoisotopic (exact) mass is 216 g/mol. The van der Waals surface area contributed by atoms with Crippen LogP contribution in [-0.2, 0) is 9.47 Å². The molecule has 0 saturated carbocycles. The first-order valence-electron chi connectivity index (χ1n) is 5.98. The molecular formula is C13H28O2. The molecule has 0 radical (unpaired) electrons. The molecule has 0 amide bonds. The Bertz CT molecular complexity index is 144. The van der Waals surface area contributed by atoms with Crippen LogP contribution in [0.3, 0.4) is 0 Å². The lowest BCUT2D eigenvalue weighted by Crippen LogP contribution is -2.22. The van der Waals surface area contributed by atoms with Gasteiger partial charge in [-0.25, -0.2) is 0 Å². The summed E-state index contributed by atoms with van der Waals surface area (Å²) in [7, 11) is 0. The molecule has 2 nitrogen and oxygen atoms in total. The third-order valence-corrected chi connectivity index (χ3v) is 3.07. The van der Waals surface area contributed by atoms with Crippen LogP contribution in [0.1, 0.15) is 54.4 Å². The van der Waals surface area contributed by atoms with E-state index in [1.807, 2.05) is 0 Å². The van der Waals surface area contributed by atoms with Gasteiger partial charge in [-0.2, -0.15) is 0 Å². The third-order valence-electron chi connectivity index (χ3n) is 3.07. The molecule has 0 saturated heterocycles. The molecule has 0 atom stereocenters. The highest BCUT2D eigenvalue weighted by Crippen LogP contribution is 2.21. The van der Waals surface area contributed by atoms with Crippen LogP contribution in [0.4, 0.5) is 0 Å². The summed E-state index contributed by atoms with van der Waals surface area (Å²) in [6, 6.07) is 0. The van der Waals surface area contributed by atoms with Crippen LogP contribution >= 0.6 is 0 Å². The Balaban J connectivity index is 3.48. The number of hydrogen-bond acceptors (Lipinski definition) is 2. The highest BCUT2D eigenvalue weighted by Gasteiger charge is 2.17. The summed E-state index contributed by atoms with van der Waals surface area (Å²) in [5.74, 6) is 0. The van der Waals surface area contributed by atoms with E-state index in [1.54, 1.807) is 0 Å². The summed E-state index contributed by atoms with van der Waals surface area (Å²) in [6.45, 7) is 15.2. The van der Waals surface area contributed by atoms with Gasteiger partial charge in [0, 0.05) is 0 Å². The molecule has 15 heavy (non-hydrogen) atoms. The van der Waals surface area contributed by atoms with Gasteiger partial charge in [0.25, 0.3) is 0 Å². The molecule has 0 heterocycles. The van der Waals surface area contributed by atoms with Crippen molar-refractivity contribution in [2.24, 2.45) is 10.8 Å². The Morgan fingerprint density at radius 3 is 1.33 bits per heavy atom. The Labute approximate surface area is 95.3 Å². The van der Waals surface area contributed by atoms with Crippen molar-refractivity contribution in [1.29, 1.82) is 0 Å². The van der Waals surface area contributed by atoms with Gasteiger partial charge in [0.1, 0.15) is 6.79 Å². The maximum atomic E-state index is 5.51. The molecule has 0 spiro atoms.